The first kappa shape index (κ1) is 20.5. The molecule has 0 aromatic carbocycles. The molecular weight excluding hydrogens is 306 g/mol. The second-order valence-corrected chi connectivity index (χ2v) is 6.84. The number of nitrogens with one attached hydrogen (secondary N) is 2. The lowest BCUT2D eigenvalue weighted by molar-refractivity contribution is -0.135. The molecule has 1 rings (SSSR count). The zero-order chi connectivity index (χ0) is 17.9. The number of hydrogen-bond acceptors (Lipinski definition) is 3. The lowest BCUT2D eigenvalue weighted by Gasteiger charge is -2.25. The van der Waals surface area contributed by atoms with Crippen molar-refractivity contribution in [2.45, 2.75) is 83.2 Å². The molecule has 6 nitrogen and oxygen atoms in total. The first-order valence-corrected chi connectivity index (χ1v) is 9.19. The monoisotopic (exact) mass is 339 g/mol. The summed E-state index contributed by atoms with van der Waals surface area (Å²) in [4.78, 5) is 37.2. The van der Waals surface area contributed by atoms with E-state index in [1.165, 1.54) is 32.1 Å². The summed E-state index contributed by atoms with van der Waals surface area (Å²) in [7, 11) is 3.26. The Morgan fingerprint density at radius 3 is 2.17 bits per heavy atom. The maximum atomic E-state index is 12.2. The highest BCUT2D eigenvalue weighted by atomic mass is 16.2. The molecule has 0 heterocycles. The first-order valence-electron chi connectivity index (χ1n) is 9.19. The summed E-state index contributed by atoms with van der Waals surface area (Å²) in [6.45, 7) is 1.84. The topological polar surface area (TPSA) is 78.5 Å². The standard InChI is InChI=1S/C18H33N3O3/c1-14(13-17(23)19-2)21(3)18(24)12-11-16(22)20-15-9-7-5-4-6-8-10-15/h14-15H,4-13H2,1-3H3,(H,19,23)(H,20,22)/t14-/m0/s1. The Kier molecular flexibility index (Phi) is 9.42. The van der Waals surface area contributed by atoms with Gasteiger partial charge in [-0.15, -0.1) is 0 Å². The van der Waals surface area contributed by atoms with Crippen LogP contribution in [0.15, 0.2) is 0 Å². The largest absolute Gasteiger partial charge is 0.359 e. The van der Waals surface area contributed by atoms with Crippen molar-refractivity contribution in [3.05, 3.63) is 0 Å². The average Bonchev–Trinajstić information content (AvgIpc) is 2.53. The maximum absolute atomic E-state index is 12.2. The van der Waals surface area contributed by atoms with Crippen LogP contribution in [0.5, 0.6) is 0 Å². The fraction of sp³-hybridized carbons (Fsp3) is 0.833. The van der Waals surface area contributed by atoms with Gasteiger partial charge in [0, 0.05) is 45.4 Å². The first-order chi connectivity index (χ1) is 11.4. The molecule has 1 fully saturated rings. The summed E-state index contributed by atoms with van der Waals surface area (Å²) in [5, 5.41) is 5.63. The number of amides is 3. The van der Waals surface area contributed by atoms with E-state index in [0.717, 1.165) is 12.8 Å². The lowest BCUT2D eigenvalue weighted by Crippen LogP contribution is -2.39. The van der Waals surface area contributed by atoms with Gasteiger partial charge in [0.25, 0.3) is 0 Å². The van der Waals surface area contributed by atoms with Crippen molar-refractivity contribution in [1.29, 1.82) is 0 Å². The van der Waals surface area contributed by atoms with E-state index in [9.17, 15) is 14.4 Å². The van der Waals surface area contributed by atoms with Crippen molar-refractivity contribution in [3.63, 3.8) is 0 Å². The summed E-state index contributed by atoms with van der Waals surface area (Å²) >= 11 is 0. The van der Waals surface area contributed by atoms with Crippen LogP contribution < -0.4 is 10.6 Å². The minimum atomic E-state index is -0.175. The minimum Gasteiger partial charge on any atom is -0.359 e. The molecule has 1 aliphatic carbocycles. The molecule has 24 heavy (non-hydrogen) atoms. The molecule has 0 radical (unpaired) electrons. The van der Waals surface area contributed by atoms with Gasteiger partial charge >= 0.3 is 0 Å². The predicted molar refractivity (Wildman–Crippen MR) is 94.4 cm³/mol. The van der Waals surface area contributed by atoms with E-state index in [1.54, 1.807) is 19.0 Å². The van der Waals surface area contributed by atoms with Crippen LogP contribution in [0.3, 0.4) is 0 Å². The maximum Gasteiger partial charge on any atom is 0.223 e. The minimum absolute atomic E-state index is 0.0405. The van der Waals surface area contributed by atoms with Crippen LogP contribution in [0.25, 0.3) is 0 Å². The van der Waals surface area contributed by atoms with Gasteiger partial charge in [-0.1, -0.05) is 32.1 Å². The summed E-state index contributed by atoms with van der Waals surface area (Å²) in [5.74, 6) is -0.232. The molecule has 138 valence electrons. The smallest absolute Gasteiger partial charge is 0.223 e. The van der Waals surface area contributed by atoms with Crippen molar-refractivity contribution in [3.8, 4) is 0 Å². The van der Waals surface area contributed by atoms with Crippen LogP contribution in [-0.4, -0.2) is 48.8 Å². The van der Waals surface area contributed by atoms with Gasteiger partial charge in [-0.25, -0.2) is 0 Å². The van der Waals surface area contributed by atoms with Gasteiger partial charge in [0.1, 0.15) is 0 Å². The number of carbonyl (C=O) groups is 3. The molecule has 0 bridgehead atoms. The zero-order valence-corrected chi connectivity index (χ0v) is 15.4. The zero-order valence-electron chi connectivity index (χ0n) is 15.4. The van der Waals surface area contributed by atoms with Crippen molar-refractivity contribution < 1.29 is 14.4 Å². The van der Waals surface area contributed by atoms with Gasteiger partial charge < -0.3 is 15.5 Å². The normalized spacial score (nSPS) is 17.3. The van der Waals surface area contributed by atoms with Gasteiger partial charge in [0.15, 0.2) is 0 Å². The summed E-state index contributed by atoms with van der Waals surface area (Å²) in [6.07, 6.45) is 8.90. The van der Waals surface area contributed by atoms with E-state index in [0.29, 0.717) is 0 Å². The van der Waals surface area contributed by atoms with Gasteiger partial charge in [-0.2, -0.15) is 0 Å². The van der Waals surface area contributed by atoms with Crippen molar-refractivity contribution in [1.82, 2.24) is 15.5 Å². The van der Waals surface area contributed by atoms with Crippen molar-refractivity contribution in [2.24, 2.45) is 0 Å². The number of carbonyl (C=O) groups excluding carboxylic acids is 3. The molecule has 0 saturated heterocycles. The molecule has 1 aliphatic rings. The summed E-state index contributed by atoms with van der Waals surface area (Å²) in [5.41, 5.74) is 0. The van der Waals surface area contributed by atoms with E-state index >= 15 is 0 Å². The molecule has 0 aliphatic heterocycles. The van der Waals surface area contributed by atoms with E-state index < -0.39 is 0 Å². The lowest BCUT2D eigenvalue weighted by atomic mass is 9.96. The molecule has 0 aromatic rings. The Hall–Kier alpha value is -1.59. The Bertz CT molecular complexity index is 418. The van der Waals surface area contributed by atoms with Gasteiger partial charge in [0.2, 0.25) is 17.7 Å². The quantitative estimate of drug-likeness (QED) is 0.744. The Balaban J connectivity index is 2.31. The third kappa shape index (κ3) is 7.79. The Morgan fingerprint density at radius 2 is 1.58 bits per heavy atom. The fourth-order valence-corrected chi connectivity index (χ4v) is 3.05. The van der Waals surface area contributed by atoms with Crippen LogP contribution in [-0.2, 0) is 14.4 Å². The Labute approximate surface area is 145 Å². The highest BCUT2D eigenvalue weighted by molar-refractivity contribution is 5.84. The number of hydrogen-bond donors (Lipinski definition) is 2. The second kappa shape index (κ2) is 11.0. The highest BCUT2D eigenvalue weighted by Gasteiger charge is 2.20. The molecule has 1 saturated carbocycles. The van der Waals surface area contributed by atoms with E-state index in [2.05, 4.69) is 10.6 Å². The third-order valence-electron chi connectivity index (χ3n) is 4.85. The second-order valence-electron chi connectivity index (χ2n) is 6.84. The van der Waals surface area contributed by atoms with E-state index in [4.69, 9.17) is 0 Å². The van der Waals surface area contributed by atoms with Crippen molar-refractivity contribution >= 4 is 17.7 Å². The third-order valence-corrected chi connectivity index (χ3v) is 4.85. The number of rotatable bonds is 7. The SMILES string of the molecule is CNC(=O)C[C@H](C)N(C)C(=O)CCC(=O)NC1CCCCCCC1. The predicted octanol–water partition coefficient (Wildman–Crippen LogP) is 1.98. The average molecular weight is 339 g/mol. The molecule has 3 amide bonds. The van der Waals surface area contributed by atoms with Crippen LogP contribution in [0, 0.1) is 0 Å². The Morgan fingerprint density at radius 1 is 1.00 bits per heavy atom. The van der Waals surface area contributed by atoms with Crippen molar-refractivity contribution in [2.75, 3.05) is 14.1 Å². The van der Waals surface area contributed by atoms with Crippen LogP contribution in [0.4, 0.5) is 0 Å². The van der Waals surface area contributed by atoms with Gasteiger partial charge in [-0.3, -0.25) is 14.4 Å². The highest BCUT2D eigenvalue weighted by Crippen LogP contribution is 2.17. The molecule has 0 unspecified atom stereocenters. The van der Waals surface area contributed by atoms with Crippen LogP contribution in [0.2, 0.25) is 0 Å². The molecule has 2 N–H and O–H groups in total. The molecule has 1 atom stereocenters. The van der Waals surface area contributed by atoms with E-state index in [1.807, 2.05) is 6.92 Å². The number of nitrogens with zero attached hydrogens (tertiary/aromatic N) is 1. The summed E-state index contributed by atoms with van der Waals surface area (Å²) in [6, 6.07) is 0.0870. The fourth-order valence-electron chi connectivity index (χ4n) is 3.05. The van der Waals surface area contributed by atoms with Crippen LogP contribution >= 0.6 is 0 Å². The van der Waals surface area contributed by atoms with Gasteiger partial charge in [-0.05, 0) is 19.8 Å². The molecule has 0 spiro atoms. The summed E-state index contributed by atoms with van der Waals surface area (Å²) < 4.78 is 0. The van der Waals surface area contributed by atoms with Gasteiger partial charge in [0.05, 0.1) is 0 Å². The molecular formula is C18H33N3O3. The molecule has 6 heteroatoms. The molecule has 0 aromatic heterocycles. The van der Waals surface area contributed by atoms with Crippen LogP contribution in [0.1, 0.15) is 71.1 Å². The van der Waals surface area contributed by atoms with E-state index in [-0.39, 0.29) is 49.1 Å².